The van der Waals surface area contributed by atoms with Gasteiger partial charge in [-0.2, -0.15) is 0 Å². The Morgan fingerprint density at radius 1 is 1.60 bits per heavy atom. The van der Waals surface area contributed by atoms with Crippen LogP contribution in [-0.4, -0.2) is 23.1 Å². The van der Waals surface area contributed by atoms with E-state index in [1.54, 1.807) is 20.8 Å². The summed E-state index contributed by atoms with van der Waals surface area (Å²) in [5, 5.41) is 9.22. The number of aliphatic imine (C=N–C) groups is 1. The predicted molar refractivity (Wildman–Crippen MR) is 43.1 cm³/mol. The van der Waals surface area contributed by atoms with E-state index in [1.807, 2.05) is 0 Å². The minimum Gasteiger partial charge on any atom is -0.390 e. The fourth-order valence-electron chi connectivity index (χ4n) is 0.506. The van der Waals surface area contributed by atoms with Gasteiger partial charge >= 0.3 is 0 Å². The van der Waals surface area contributed by atoms with Gasteiger partial charge in [-0.05, 0) is 27.2 Å². The van der Waals surface area contributed by atoms with Gasteiger partial charge in [-0.3, -0.25) is 4.99 Å². The first-order valence-electron chi connectivity index (χ1n) is 3.41. The monoisotopic (exact) mass is 144 g/mol. The van der Waals surface area contributed by atoms with Crippen LogP contribution in [-0.2, 0) is 0 Å². The Kier molecular flexibility index (Phi) is 3.36. The average Bonchev–Trinajstić information content (AvgIpc) is 1.59. The van der Waals surface area contributed by atoms with Gasteiger partial charge < -0.3 is 10.8 Å². The summed E-state index contributed by atoms with van der Waals surface area (Å²) < 4.78 is 0. The molecule has 0 saturated heterocycles. The molecule has 0 radical (unpaired) electrons. The normalized spacial score (nSPS) is 13.8. The van der Waals surface area contributed by atoms with E-state index in [0.717, 1.165) is 0 Å². The minimum atomic E-state index is -0.626. The maximum atomic E-state index is 9.22. The summed E-state index contributed by atoms with van der Waals surface area (Å²) in [5.41, 5.74) is 4.66. The summed E-state index contributed by atoms with van der Waals surface area (Å²) in [6.45, 7) is 5.86. The van der Waals surface area contributed by atoms with Gasteiger partial charge in [-0.1, -0.05) is 0 Å². The first-order chi connectivity index (χ1) is 4.42. The lowest BCUT2D eigenvalue weighted by atomic mass is 10.1. The van der Waals surface area contributed by atoms with E-state index in [1.165, 1.54) is 0 Å². The third-order valence-electron chi connectivity index (χ3n) is 1.08. The van der Waals surface area contributed by atoms with Gasteiger partial charge in [0.2, 0.25) is 0 Å². The maximum absolute atomic E-state index is 9.22. The lowest BCUT2D eigenvalue weighted by Gasteiger charge is -2.14. The van der Waals surface area contributed by atoms with Crippen molar-refractivity contribution in [2.24, 2.45) is 10.7 Å². The second-order valence-electron chi connectivity index (χ2n) is 3.09. The first-order valence-corrected chi connectivity index (χ1v) is 3.41. The highest BCUT2D eigenvalue weighted by Crippen LogP contribution is 2.05. The molecule has 10 heavy (non-hydrogen) atoms. The highest BCUT2D eigenvalue weighted by atomic mass is 16.3. The molecular formula is C7H16N2O. The molecule has 0 fully saturated rings. The molecule has 0 aliphatic rings. The van der Waals surface area contributed by atoms with Crippen molar-refractivity contribution in [2.75, 3.05) is 6.54 Å². The number of nitrogens with zero attached hydrogens (tertiary/aromatic N) is 1. The molecule has 0 aliphatic carbocycles. The molecule has 3 N–H and O–H groups in total. The van der Waals surface area contributed by atoms with Crippen molar-refractivity contribution in [1.29, 1.82) is 0 Å². The molecule has 0 aromatic heterocycles. The highest BCUT2D eigenvalue weighted by Gasteiger charge is 2.10. The van der Waals surface area contributed by atoms with Gasteiger partial charge in [-0.25, -0.2) is 0 Å². The van der Waals surface area contributed by atoms with E-state index >= 15 is 0 Å². The van der Waals surface area contributed by atoms with E-state index in [4.69, 9.17) is 5.73 Å². The second-order valence-corrected chi connectivity index (χ2v) is 3.09. The van der Waals surface area contributed by atoms with Crippen molar-refractivity contribution in [3.05, 3.63) is 0 Å². The van der Waals surface area contributed by atoms with Gasteiger partial charge in [0.25, 0.3) is 0 Å². The van der Waals surface area contributed by atoms with Crippen LogP contribution in [0.3, 0.4) is 0 Å². The van der Waals surface area contributed by atoms with Gasteiger partial charge in [0.05, 0.1) is 11.4 Å². The van der Waals surface area contributed by atoms with Crippen LogP contribution in [0.4, 0.5) is 0 Å². The van der Waals surface area contributed by atoms with Gasteiger partial charge in [0, 0.05) is 6.54 Å². The van der Waals surface area contributed by atoms with Crippen molar-refractivity contribution in [3.8, 4) is 0 Å². The molecule has 3 nitrogen and oxygen atoms in total. The fraction of sp³-hybridized carbons (Fsp3) is 0.857. The van der Waals surface area contributed by atoms with Crippen molar-refractivity contribution in [2.45, 2.75) is 32.8 Å². The molecule has 0 heterocycles. The second kappa shape index (κ2) is 3.56. The molecule has 0 amide bonds. The number of hydrogen-bond acceptors (Lipinski definition) is 2. The standard InChI is InChI=1S/C7H16N2O/c1-6(8)9-5-4-7(2,3)10/h10H,4-5H2,1-3H3,(H2,8,9). The quantitative estimate of drug-likeness (QED) is 0.448. The Bertz CT molecular complexity index is 120. The number of nitrogens with two attached hydrogens (primary N) is 1. The van der Waals surface area contributed by atoms with Crippen LogP contribution in [0.2, 0.25) is 0 Å². The lowest BCUT2D eigenvalue weighted by molar-refractivity contribution is 0.0739. The molecule has 0 aliphatic heterocycles. The van der Waals surface area contributed by atoms with Crippen LogP contribution in [0, 0.1) is 0 Å². The van der Waals surface area contributed by atoms with Crippen molar-refractivity contribution < 1.29 is 5.11 Å². The number of hydrogen-bond donors (Lipinski definition) is 2. The molecule has 60 valence electrons. The van der Waals surface area contributed by atoms with Crippen molar-refractivity contribution >= 4 is 5.84 Å². The topological polar surface area (TPSA) is 58.6 Å². The van der Waals surface area contributed by atoms with E-state index in [9.17, 15) is 5.11 Å². The SMILES string of the molecule is CC(N)=NCCC(C)(C)O. The third kappa shape index (κ3) is 7.43. The van der Waals surface area contributed by atoms with E-state index in [0.29, 0.717) is 18.8 Å². The molecule has 0 spiro atoms. The van der Waals surface area contributed by atoms with Crippen LogP contribution in [0.1, 0.15) is 27.2 Å². The summed E-state index contributed by atoms with van der Waals surface area (Å²) in [7, 11) is 0. The Morgan fingerprint density at radius 3 is 2.40 bits per heavy atom. The summed E-state index contributed by atoms with van der Waals surface area (Å²) in [6.07, 6.45) is 0.654. The molecule has 0 unspecified atom stereocenters. The Morgan fingerprint density at radius 2 is 2.10 bits per heavy atom. The first kappa shape index (κ1) is 9.43. The van der Waals surface area contributed by atoms with Crippen LogP contribution >= 0.6 is 0 Å². The third-order valence-corrected chi connectivity index (χ3v) is 1.08. The molecular weight excluding hydrogens is 128 g/mol. The molecule has 0 rings (SSSR count). The Labute approximate surface area is 62.0 Å². The molecule has 0 bridgehead atoms. The van der Waals surface area contributed by atoms with Gasteiger partial charge in [-0.15, -0.1) is 0 Å². The maximum Gasteiger partial charge on any atom is 0.0905 e. The molecule has 0 aromatic carbocycles. The smallest absolute Gasteiger partial charge is 0.0905 e. The van der Waals surface area contributed by atoms with E-state index < -0.39 is 5.60 Å². The fourth-order valence-corrected chi connectivity index (χ4v) is 0.506. The molecule has 3 heteroatoms. The number of aliphatic hydroxyl groups is 1. The highest BCUT2D eigenvalue weighted by molar-refractivity contribution is 5.77. The van der Waals surface area contributed by atoms with Crippen molar-refractivity contribution in [3.63, 3.8) is 0 Å². The summed E-state index contributed by atoms with van der Waals surface area (Å²) in [6, 6.07) is 0. The molecule has 0 atom stereocenters. The zero-order valence-corrected chi connectivity index (χ0v) is 6.89. The van der Waals surface area contributed by atoms with E-state index in [-0.39, 0.29) is 0 Å². The average molecular weight is 144 g/mol. The van der Waals surface area contributed by atoms with E-state index in [2.05, 4.69) is 4.99 Å². The van der Waals surface area contributed by atoms with Crippen LogP contribution in [0.25, 0.3) is 0 Å². The summed E-state index contributed by atoms with van der Waals surface area (Å²) in [4.78, 5) is 3.94. The largest absolute Gasteiger partial charge is 0.390 e. The zero-order valence-electron chi connectivity index (χ0n) is 6.89. The predicted octanol–water partition coefficient (Wildman–Crippen LogP) is 0.524. The molecule has 0 saturated carbocycles. The summed E-state index contributed by atoms with van der Waals surface area (Å²) in [5.74, 6) is 0.573. The van der Waals surface area contributed by atoms with Crippen LogP contribution in [0.5, 0.6) is 0 Å². The van der Waals surface area contributed by atoms with Gasteiger partial charge in [0.15, 0.2) is 0 Å². The number of rotatable bonds is 3. The Hall–Kier alpha value is -0.570. The van der Waals surface area contributed by atoms with Gasteiger partial charge in [0.1, 0.15) is 0 Å². The zero-order chi connectivity index (χ0) is 8.20. The lowest BCUT2D eigenvalue weighted by Crippen LogP contribution is -2.20. The summed E-state index contributed by atoms with van der Waals surface area (Å²) >= 11 is 0. The van der Waals surface area contributed by atoms with Crippen LogP contribution in [0.15, 0.2) is 4.99 Å². The Balaban J connectivity index is 3.47. The van der Waals surface area contributed by atoms with Crippen molar-refractivity contribution in [1.82, 2.24) is 0 Å². The number of amidine groups is 1. The molecule has 0 aromatic rings. The van der Waals surface area contributed by atoms with Crippen LogP contribution < -0.4 is 5.73 Å². The minimum absolute atomic E-state index is 0.573.